The second-order valence-corrected chi connectivity index (χ2v) is 12.2. The summed E-state index contributed by atoms with van der Waals surface area (Å²) in [6.07, 6.45) is 0.684. The molecule has 0 spiro atoms. The Kier molecular flexibility index (Phi) is 8.36. The average molecular weight is 601 g/mol. The van der Waals surface area contributed by atoms with Crippen molar-refractivity contribution in [2.75, 3.05) is 31.1 Å². The fourth-order valence-corrected chi connectivity index (χ4v) is 6.88. The molecule has 10 heteroatoms. The first-order valence-corrected chi connectivity index (χ1v) is 15.7. The largest absolute Gasteiger partial charge is 0.368 e. The van der Waals surface area contributed by atoms with Gasteiger partial charge in [0.1, 0.15) is 16.5 Å². The lowest BCUT2D eigenvalue weighted by atomic mass is 10.1. The number of thiazole rings is 1. The molecule has 3 aromatic carbocycles. The number of carbonyl (C=O) groups is 1. The minimum Gasteiger partial charge on any atom is -0.368 e. The highest BCUT2D eigenvalue weighted by Crippen LogP contribution is 2.29. The van der Waals surface area contributed by atoms with Crippen molar-refractivity contribution in [2.45, 2.75) is 24.3 Å². The van der Waals surface area contributed by atoms with Crippen LogP contribution in [0.1, 0.15) is 32.4 Å². The van der Waals surface area contributed by atoms with Crippen molar-refractivity contribution in [1.82, 2.24) is 24.6 Å². The third-order valence-electron chi connectivity index (χ3n) is 7.10. The van der Waals surface area contributed by atoms with Crippen molar-refractivity contribution in [2.24, 2.45) is 0 Å². The molecule has 1 aliphatic rings. The van der Waals surface area contributed by atoms with E-state index >= 15 is 0 Å². The van der Waals surface area contributed by atoms with Crippen LogP contribution in [0.5, 0.6) is 0 Å². The van der Waals surface area contributed by atoms with Crippen LogP contribution in [0, 0.1) is 6.92 Å². The Morgan fingerprint density at radius 3 is 2.51 bits per heavy atom. The monoisotopic (exact) mass is 600 g/mol. The Labute approximate surface area is 252 Å². The van der Waals surface area contributed by atoms with E-state index in [9.17, 15) is 4.79 Å². The number of carbonyl (C=O) groups excluding carboxylic acids is 1. The lowest BCUT2D eigenvalue weighted by Crippen LogP contribution is -2.48. The number of hydrogen-bond donors (Lipinski definition) is 0. The van der Waals surface area contributed by atoms with Crippen LogP contribution in [0.2, 0.25) is 5.02 Å². The molecule has 1 aliphatic heterocycles. The molecule has 41 heavy (non-hydrogen) atoms. The van der Waals surface area contributed by atoms with Crippen LogP contribution < -0.4 is 4.90 Å². The van der Waals surface area contributed by atoms with E-state index in [4.69, 9.17) is 16.6 Å². The Morgan fingerprint density at radius 2 is 1.73 bits per heavy atom. The van der Waals surface area contributed by atoms with Gasteiger partial charge in [0.15, 0.2) is 5.16 Å². The summed E-state index contributed by atoms with van der Waals surface area (Å²) in [6, 6.07) is 26.4. The Balaban J connectivity index is 1.13. The predicted molar refractivity (Wildman–Crippen MR) is 167 cm³/mol. The van der Waals surface area contributed by atoms with E-state index in [0.717, 1.165) is 51.0 Å². The van der Waals surface area contributed by atoms with Crippen molar-refractivity contribution in [3.8, 4) is 5.69 Å². The van der Waals surface area contributed by atoms with Crippen molar-refractivity contribution in [3.05, 3.63) is 117 Å². The number of para-hydroxylation sites is 1. The number of anilines is 1. The molecule has 1 amide bonds. The Bertz CT molecular complexity index is 1650. The smallest absolute Gasteiger partial charge is 0.273 e. The van der Waals surface area contributed by atoms with Crippen molar-refractivity contribution in [1.29, 1.82) is 0 Å². The number of halogens is 1. The summed E-state index contributed by atoms with van der Waals surface area (Å²) in [4.78, 5) is 22.1. The van der Waals surface area contributed by atoms with Gasteiger partial charge in [0, 0.05) is 48.7 Å². The van der Waals surface area contributed by atoms with Gasteiger partial charge >= 0.3 is 0 Å². The first-order valence-electron chi connectivity index (χ1n) is 13.5. The van der Waals surface area contributed by atoms with Crippen molar-refractivity contribution >= 4 is 46.3 Å². The molecular weight excluding hydrogens is 572 g/mol. The van der Waals surface area contributed by atoms with E-state index in [1.165, 1.54) is 16.9 Å². The third-order valence-corrected chi connectivity index (χ3v) is 9.30. The standard InChI is InChI=1S/C31H29ClN6OS2/c1-22-8-5-6-13-27(22)38-28(18-23-9-3-2-4-10-23)34-35-31(38)41-21-29-33-26(20-40-29)30(39)37-16-14-36(15-17-37)25-12-7-11-24(32)19-25/h2-13,19-20H,14-18,21H2,1H3. The van der Waals surface area contributed by atoms with Crippen LogP contribution in [0.15, 0.2) is 89.4 Å². The van der Waals surface area contributed by atoms with Gasteiger partial charge in [-0.3, -0.25) is 9.36 Å². The molecule has 0 bridgehead atoms. The van der Waals surface area contributed by atoms with E-state index in [1.54, 1.807) is 11.8 Å². The zero-order chi connectivity index (χ0) is 28.2. The Morgan fingerprint density at radius 1 is 0.951 bits per heavy atom. The van der Waals surface area contributed by atoms with E-state index in [0.29, 0.717) is 31.0 Å². The summed E-state index contributed by atoms with van der Waals surface area (Å²) >= 11 is 9.26. The van der Waals surface area contributed by atoms with E-state index < -0.39 is 0 Å². The number of thioether (sulfide) groups is 1. The molecule has 208 valence electrons. The number of hydrogen-bond acceptors (Lipinski definition) is 7. The van der Waals surface area contributed by atoms with E-state index in [-0.39, 0.29) is 5.91 Å². The topological polar surface area (TPSA) is 67.2 Å². The van der Waals surface area contributed by atoms with Gasteiger partial charge in [-0.05, 0) is 42.3 Å². The number of aromatic nitrogens is 4. The first-order chi connectivity index (χ1) is 20.0. The van der Waals surface area contributed by atoms with Gasteiger partial charge in [-0.15, -0.1) is 21.5 Å². The number of benzene rings is 3. The first kappa shape index (κ1) is 27.5. The van der Waals surface area contributed by atoms with Crippen LogP contribution in [-0.4, -0.2) is 56.7 Å². The SMILES string of the molecule is Cc1ccccc1-n1c(Cc2ccccc2)nnc1SCc1nc(C(=O)N2CCN(c3cccc(Cl)c3)CC2)cs1. The Hall–Kier alpha value is -3.66. The van der Waals surface area contributed by atoms with Crippen LogP contribution in [-0.2, 0) is 12.2 Å². The second kappa shape index (κ2) is 12.5. The summed E-state index contributed by atoms with van der Waals surface area (Å²) in [7, 11) is 0. The molecule has 1 saturated heterocycles. The second-order valence-electron chi connectivity index (χ2n) is 9.86. The molecule has 5 aromatic rings. The maximum atomic E-state index is 13.2. The van der Waals surface area contributed by atoms with E-state index in [2.05, 4.69) is 56.9 Å². The molecule has 0 N–H and O–H groups in total. The highest BCUT2D eigenvalue weighted by Gasteiger charge is 2.24. The van der Waals surface area contributed by atoms with Crippen LogP contribution >= 0.6 is 34.7 Å². The molecule has 0 radical (unpaired) electrons. The maximum absolute atomic E-state index is 13.2. The van der Waals surface area contributed by atoms with Gasteiger partial charge < -0.3 is 9.80 Å². The summed E-state index contributed by atoms with van der Waals surface area (Å²) in [6.45, 7) is 4.93. The summed E-state index contributed by atoms with van der Waals surface area (Å²) < 4.78 is 2.14. The molecular formula is C31H29ClN6OS2. The van der Waals surface area contributed by atoms with Crippen LogP contribution in [0.4, 0.5) is 5.69 Å². The number of nitrogens with zero attached hydrogens (tertiary/aromatic N) is 6. The molecule has 3 heterocycles. The molecule has 6 rings (SSSR count). The molecule has 0 atom stereocenters. The normalized spacial score (nSPS) is 13.5. The lowest BCUT2D eigenvalue weighted by molar-refractivity contribution is 0.0741. The number of piperazine rings is 1. The highest BCUT2D eigenvalue weighted by atomic mass is 35.5. The number of aryl methyl sites for hydroxylation is 1. The lowest BCUT2D eigenvalue weighted by Gasteiger charge is -2.35. The number of rotatable bonds is 8. The van der Waals surface area contributed by atoms with Crippen molar-refractivity contribution < 1.29 is 4.79 Å². The minimum atomic E-state index is -0.0172. The fourth-order valence-electron chi connectivity index (χ4n) is 4.95. The minimum absolute atomic E-state index is 0.0172. The van der Waals surface area contributed by atoms with Gasteiger partial charge in [-0.1, -0.05) is 78.0 Å². The van der Waals surface area contributed by atoms with Gasteiger partial charge in [0.2, 0.25) is 0 Å². The molecule has 0 aliphatic carbocycles. The number of amides is 1. The summed E-state index contributed by atoms with van der Waals surface area (Å²) in [5.74, 6) is 1.48. The molecule has 1 fully saturated rings. The quantitative estimate of drug-likeness (QED) is 0.189. The van der Waals surface area contributed by atoms with Crippen molar-refractivity contribution in [3.63, 3.8) is 0 Å². The summed E-state index contributed by atoms with van der Waals surface area (Å²) in [5.41, 5.74) is 5.00. The fraction of sp³-hybridized carbons (Fsp3) is 0.226. The zero-order valence-corrected chi connectivity index (χ0v) is 25.0. The molecule has 0 saturated carbocycles. The van der Waals surface area contributed by atoms with Gasteiger partial charge in [-0.2, -0.15) is 0 Å². The van der Waals surface area contributed by atoms with Gasteiger partial charge in [0.25, 0.3) is 5.91 Å². The van der Waals surface area contributed by atoms with Gasteiger partial charge in [-0.25, -0.2) is 4.98 Å². The molecule has 0 unspecified atom stereocenters. The van der Waals surface area contributed by atoms with Crippen LogP contribution in [0.3, 0.4) is 0 Å². The average Bonchev–Trinajstić information content (AvgIpc) is 3.64. The highest BCUT2D eigenvalue weighted by molar-refractivity contribution is 7.98. The zero-order valence-electron chi connectivity index (χ0n) is 22.6. The predicted octanol–water partition coefficient (Wildman–Crippen LogP) is 6.53. The van der Waals surface area contributed by atoms with E-state index in [1.807, 2.05) is 58.8 Å². The molecule has 7 nitrogen and oxygen atoms in total. The van der Waals surface area contributed by atoms with Gasteiger partial charge in [0.05, 0.1) is 11.4 Å². The maximum Gasteiger partial charge on any atom is 0.273 e. The third kappa shape index (κ3) is 6.32. The summed E-state index contributed by atoms with van der Waals surface area (Å²) in [5, 5.41) is 13.4. The molecule has 2 aromatic heterocycles. The van der Waals surface area contributed by atoms with Crippen LogP contribution in [0.25, 0.3) is 5.69 Å².